The van der Waals surface area contributed by atoms with Gasteiger partial charge in [0, 0.05) is 18.4 Å². The van der Waals surface area contributed by atoms with E-state index < -0.39 is 0 Å². The Labute approximate surface area is 162 Å². The van der Waals surface area contributed by atoms with Crippen LogP contribution < -0.4 is 14.8 Å². The largest absolute Gasteiger partial charge is 0.493 e. The van der Waals surface area contributed by atoms with Crippen molar-refractivity contribution < 1.29 is 19.4 Å². The molecule has 2 fully saturated rings. The van der Waals surface area contributed by atoms with Crippen LogP contribution in [0, 0.1) is 11.3 Å². The van der Waals surface area contributed by atoms with Crippen molar-refractivity contribution in [2.45, 2.75) is 57.3 Å². The van der Waals surface area contributed by atoms with Gasteiger partial charge in [-0.25, -0.2) is 0 Å². The molecule has 5 heteroatoms. The van der Waals surface area contributed by atoms with E-state index in [9.17, 15) is 9.90 Å². The van der Waals surface area contributed by atoms with Crippen molar-refractivity contribution in [3.63, 3.8) is 0 Å². The number of nitrogens with one attached hydrogen (secondary N) is 1. The van der Waals surface area contributed by atoms with E-state index in [2.05, 4.69) is 5.32 Å². The number of aliphatic hydroxyl groups excluding tert-OH is 1. The van der Waals surface area contributed by atoms with Crippen LogP contribution in [0.3, 0.4) is 0 Å². The lowest BCUT2D eigenvalue weighted by atomic mass is 9.74. The van der Waals surface area contributed by atoms with E-state index in [0.717, 1.165) is 31.2 Å². The highest BCUT2D eigenvalue weighted by molar-refractivity contribution is 5.77. The van der Waals surface area contributed by atoms with Gasteiger partial charge in [-0.3, -0.25) is 4.79 Å². The second kappa shape index (κ2) is 8.96. The predicted octanol–water partition coefficient (Wildman–Crippen LogP) is 3.65. The number of rotatable bonds is 9. The van der Waals surface area contributed by atoms with Crippen molar-refractivity contribution in [2.24, 2.45) is 11.3 Å². The van der Waals surface area contributed by atoms with Crippen LogP contribution in [-0.4, -0.2) is 38.4 Å². The summed E-state index contributed by atoms with van der Waals surface area (Å²) in [5.74, 6) is 2.28. The highest BCUT2D eigenvalue weighted by Crippen LogP contribution is 2.46. The molecule has 0 bridgehead atoms. The van der Waals surface area contributed by atoms with Crippen LogP contribution in [0.1, 0.15) is 62.8 Å². The molecule has 150 valence electrons. The molecule has 1 aromatic rings. The molecule has 5 nitrogen and oxygen atoms in total. The molecule has 1 atom stereocenters. The maximum absolute atomic E-state index is 12.7. The highest BCUT2D eigenvalue weighted by Gasteiger charge is 2.35. The summed E-state index contributed by atoms with van der Waals surface area (Å²) in [6.07, 6.45) is 8.37. The zero-order valence-electron chi connectivity index (χ0n) is 16.6. The standard InChI is InChI=1S/C22H33NO4/c1-26-19-9-8-17(12-20(19)27-2)18(16-6-7-16)13-21(25)23-14-22(15-24)10-4-3-5-11-22/h8-9,12,16,18,24H,3-7,10-11,13-15H2,1-2H3,(H,23,25). The molecule has 3 rings (SSSR count). The lowest BCUT2D eigenvalue weighted by Gasteiger charge is -2.35. The summed E-state index contributed by atoms with van der Waals surface area (Å²) in [5.41, 5.74) is 1.02. The Morgan fingerprint density at radius 1 is 1.19 bits per heavy atom. The van der Waals surface area contributed by atoms with Crippen LogP contribution in [0.5, 0.6) is 11.5 Å². The summed E-state index contributed by atoms with van der Waals surface area (Å²) in [4.78, 5) is 12.7. The fourth-order valence-electron chi connectivity index (χ4n) is 4.39. The number of carbonyl (C=O) groups excluding carboxylic acids is 1. The van der Waals surface area contributed by atoms with E-state index in [1.165, 1.54) is 19.3 Å². The van der Waals surface area contributed by atoms with Crippen molar-refractivity contribution >= 4 is 5.91 Å². The van der Waals surface area contributed by atoms with Gasteiger partial charge in [0.2, 0.25) is 5.91 Å². The molecular weight excluding hydrogens is 342 g/mol. The molecule has 2 aliphatic carbocycles. The summed E-state index contributed by atoms with van der Waals surface area (Å²) >= 11 is 0. The molecule has 2 aliphatic rings. The fourth-order valence-corrected chi connectivity index (χ4v) is 4.39. The summed E-state index contributed by atoms with van der Waals surface area (Å²) in [6.45, 7) is 0.751. The van der Waals surface area contributed by atoms with Crippen molar-refractivity contribution in [1.82, 2.24) is 5.32 Å². The third kappa shape index (κ3) is 4.95. The molecule has 1 unspecified atom stereocenters. The van der Waals surface area contributed by atoms with Gasteiger partial charge in [-0.15, -0.1) is 0 Å². The van der Waals surface area contributed by atoms with Crippen molar-refractivity contribution in [1.29, 1.82) is 0 Å². The number of hydrogen-bond donors (Lipinski definition) is 2. The third-order valence-electron chi connectivity index (χ3n) is 6.34. The zero-order valence-corrected chi connectivity index (χ0v) is 16.6. The van der Waals surface area contributed by atoms with E-state index in [0.29, 0.717) is 30.4 Å². The number of amides is 1. The lowest BCUT2D eigenvalue weighted by molar-refractivity contribution is -0.122. The van der Waals surface area contributed by atoms with Crippen LogP contribution in [0.25, 0.3) is 0 Å². The molecule has 0 heterocycles. The third-order valence-corrected chi connectivity index (χ3v) is 6.34. The summed E-state index contributed by atoms with van der Waals surface area (Å²) in [5, 5.41) is 13.0. The normalized spacial score (nSPS) is 20.0. The van der Waals surface area contributed by atoms with E-state index >= 15 is 0 Å². The molecule has 2 N–H and O–H groups in total. The van der Waals surface area contributed by atoms with Gasteiger partial charge in [0.15, 0.2) is 11.5 Å². The van der Waals surface area contributed by atoms with Gasteiger partial charge in [-0.1, -0.05) is 25.3 Å². The average Bonchev–Trinajstić information content (AvgIpc) is 3.56. The Hall–Kier alpha value is -1.75. The van der Waals surface area contributed by atoms with Crippen molar-refractivity contribution in [2.75, 3.05) is 27.4 Å². The lowest BCUT2D eigenvalue weighted by Crippen LogP contribution is -2.41. The second-order valence-electron chi connectivity index (χ2n) is 8.26. The van der Waals surface area contributed by atoms with Gasteiger partial charge >= 0.3 is 0 Å². The van der Waals surface area contributed by atoms with Gasteiger partial charge in [0.05, 0.1) is 20.8 Å². The van der Waals surface area contributed by atoms with Gasteiger partial charge < -0.3 is 19.9 Å². The molecule has 0 saturated heterocycles. The van der Waals surface area contributed by atoms with Gasteiger partial charge in [-0.2, -0.15) is 0 Å². The summed E-state index contributed by atoms with van der Waals surface area (Å²) in [7, 11) is 3.27. The minimum Gasteiger partial charge on any atom is -0.493 e. The quantitative estimate of drug-likeness (QED) is 0.691. The molecular formula is C22H33NO4. The SMILES string of the molecule is COc1ccc(C(CC(=O)NCC2(CO)CCCCC2)C2CC2)cc1OC. The molecule has 0 aromatic heterocycles. The Kier molecular flexibility index (Phi) is 6.64. The second-order valence-corrected chi connectivity index (χ2v) is 8.26. The van der Waals surface area contributed by atoms with E-state index in [4.69, 9.17) is 9.47 Å². The monoisotopic (exact) mass is 375 g/mol. The van der Waals surface area contributed by atoms with Gasteiger partial charge in [0.25, 0.3) is 0 Å². The molecule has 0 radical (unpaired) electrons. The van der Waals surface area contributed by atoms with Gasteiger partial charge in [-0.05, 0) is 55.2 Å². The minimum atomic E-state index is -0.119. The fraction of sp³-hybridized carbons (Fsp3) is 0.682. The Morgan fingerprint density at radius 2 is 1.89 bits per heavy atom. The Bertz CT molecular complexity index is 635. The number of carbonyl (C=O) groups is 1. The molecule has 1 amide bonds. The number of benzene rings is 1. The van der Waals surface area contributed by atoms with Crippen LogP contribution in [0.4, 0.5) is 0 Å². The number of aliphatic hydroxyl groups is 1. The predicted molar refractivity (Wildman–Crippen MR) is 105 cm³/mol. The first-order valence-corrected chi connectivity index (χ1v) is 10.2. The molecule has 1 aromatic carbocycles. The Balaban J connectivity index is 1.63. The number of ether oxygens (including phenoxy) is 2. The van der Waals surface area contributed by atoms with Crippen molar-refractivity contribution in [3.05, 3.63) is 23.8 Å². The number of hydrogen-bond acceptors (Lipinski definition) is 4. The maximum atomic E-state index is 12.7. The number of methoxy groups -OCH3 is 2. The average molecular weight is 376 g/mol. The van der Waals surface area contributed by atoms with E-state index in [-0.39, 0.29) is 23.8 Å². The Morgan fingerprint density at radius 3 is 2.48 bits per heavy atom. The topological polar surface area (TPSA) is 67.8 Å². The first-order chi connectivity index (χ1) is 13.1. The van der Waals surface area contributed by atoms with Crippen LogP contribution >= 0.6 is 0 Å². The molecule has 2 saturated carbocycles. The van der Waals surface area contributed by atoms with Gasteiger partial charge in [0.1, 0.15) is 0 Å². The molecule has 0 aliphatic heterocycles. The first-order valence-electron chi connectivity index (χ1n) is 10.2. The van der Waals surface area contributed by atoms with E-state index in [1.807, 2.05) is 18.2 Å². The van der Waals surface area contributed by atoms with Crippen LogP contribution in [0.15, 0.2) is 18.2 Å². The molecule has 0 spiro atoms. The summed E-state index contributed by atoms with van der Waals surface area (Å²) < 4.78 is 10.8. The first kappa shape index (κ1) is 20.0. The van der Waals surface area contributed by atoms with Crippen molar-refractivity contribution in [3.8, 4) is 11.5 Å². The van der Waals surface area contributed by atoms with E-state index in [1.54, 1.807) is 14.2 Å². The van der Waals surface area contributed by atoms with Crippen LogP contribution in [0.2, 0.25) is 0 Å². The summed E-state index contributed by atoms with van der Waals surface area (Å²) in [6, 6.07) is 5.98. The smallest absolute Gasteiger partial charge is 0.220 e. The molecule has 27 heavy (non-hydrogen) atoms. The van der Waals surface area contributed by atoms with Crippen LogP contribution in [-0.2, 0) is 4.79 Å². The maximum Gasteiger partial charge on any atom is 0.220 e. The zero-order chi connectivity index (χ0) is 19.3. The minimum absolute atomic E-state index is 0.0834. The highest BCUT2D eigenvalue weighted by atomic mass is 16.5.